The Balaban J connectivity index is 1.60. The number of nitrogens with zero attached hydrogens (tertiary/aromatic N) is 3. The number of rotatable bonds is 7. The normalized spacial score (nSPS) is 14.9. The van der Waals surface area contributed by atoms with Crippen molar-refractivity contribution >= 4 is 22.6 Å². The largest absolute Gasteiger partial charge is 0.385 e. The number of aromatic nitrogens is 2. The van der Waals surface area contributed by atoms with Crippen molar-refractivity contribution in [3.05, 3.63) is 40.3 Å². The summed E-state index contributed by atoms with van der Waals surface area (Å²) in [5.74, 6) is -0.165. The quantitative estimate of drug-likeness (QED) is 0.545. The van der Waals surface area contributed by atoms with Crippen molar-refractivity contribution in [1.82, 2.24) is 20.0 Å². The molecule has 156 valence electrons. The Morgan fingerprint density at radius 1 is 1.21 bits per heavy atom. The molecule has 1 aliphatic heterocycles. The fraction of sp³-hybridized carbons (Fsp3) is 0.500. The average Bonchev–Trinajstić information content (AvgIpc) is 2.74. The minimum absolute atomic E-state index is 0.0154. The third-order valence-corrected chi connectivity index (χ3v) is 5.17. The van der Waals surface area contributed by atoms with Crippen molar-refractivity contribution in [3.8, 4) is 0 Å². The molecule has 2 aromatic rings. The highest BCUT2D eigenvalue weighted by molar-refractivity contribution is 6.04. The van der Waals surface area contributed by atoms with E-state index >= 15 is 0 Å². The molecule has 0 spiro atoms. The first kappa shape index (κ1) is 20.9. The van der Waals surface area contributed by atoms with E-state index in [4.69, 9.17) is 4.74 Å². The zero-order valence-corrected chi connectivity index (χ0v) is 16.9. The van der Waals surface area contributed by atoms with Crippen LogP contribution in [0, 0.1) is 0 Å². The van der Waals surface area contributed by atoms with Crippen LogP contribution in [0.3, 0.4) is 0 Å². The van der Waals surface area contributed by atoms with Crippen LogP contribution in [0.15, 0.2) is 29.1 Å². The number of piperazine rings is 1. The molecule has 1 fully saturated rings. The standard InChI is InChI=1S/C20H27N5O4/c1-23-19(27)16-7-4-3-6-15(16)18(22-23)20(28)25-11-9-24(10-12-25)14-17(26)21-8-5-13-29-2/h3-4,6-7H,5,8-14H2,1-2H3,(H,21,26)/p+1. The van der Waals surface area contributed by atoms with Crippen molar-refractivity contribution in [2.45, 2.75) is 6.42 Å². The van der Waals surface area contributed by atoms with Gasteiger partial charge in [-0.2, -0.15) is 5.10 Å². The Morgan fingerprint density at radius 3 is 2.59 bits per heavy atom. The molecule has 29 heavy (non-hydrogen) atoms. The molecule has 0 saturated carbocycles. The van der Waals surface area contributed by atoms with Crippen LogP contribution in [-0.2, 0) is 16.6 Å². The van der Waals surface area contributed by atoms with Crippen LogP contribution in [0.25, 0.3) is 10.8 Å². The fourth-order valence-corrected chi connectivity index (χ4v) is 3.54. The summed E-state index contributed by atoms with van der Waals surface area (Å²) in [6.07, 6.45) is 0.792. The average molecular weight is 402 g/mol. The Morgan fingerprint density at radius 2 is 1.90 bits per heavy atom. The van der Waals surface area contributed by atoms with Crippen molar-refractivity contribution in [1.29, 1.82) is 0 Å². The fourth-order valence-electron chi connectivity index (χ4n) is 3.54. The number of quaternary nitrogens is 1. The summed E-state index contributed by atoms with van der Waals surface area (Å²) in [6.45, 7) is 4.11. The number of carbonyl (C=O) groups excluding carboxylic acids is 2. The van der Waals surface area contributed by atoms with Gasteiger partial charge in [-0.3, -0.25) is 14.4 Å². The van der Waals surface area contributed by atoms with Crippen LogP contribution in [0.5, 0.6) is 0 Å². The zero-order valence-electron chi connectivity index (χ0n) is 16.9. The van der Waals surface area contributed by atoms with Crippen LogP contribution in [0.2, 0.25) is 0 Å². The van der Waals surface area contributed by atoms with Gasteiger partial charge >= 0.3 is 0 Å². The van der Waals surface area contributed by atoms with Gasteiger partial charge in [0.05, 0.1) is 31.6 Å². The molecule has 0 unspecified atom stereocenters. The van der Waals surface area contributed by atoms with Crippen LogP contribution in [0.1, 0.15) is 16.9 Å². The van der Waals surface area contributed by atoms with E-state index in [9.17, 15) is 14.4 Å². The number of nitrogens with one attached hydrogen (secondary N) is 2. The van der Waals surface area contributed by atoms with Crippen molar-refractivity contribution in [2.24, 2.45) is 7.05 Å². The summed E-state index contributed by atoms with van der Waals surface area (Å²) in [6, 6.07) is 7.05. The van der Waals surface area contributed by atoms with Gasteiger partial charge in [-0.05, 0) is 12.5 Å². The van der Waals surface area contributed by atoms with Crippen molar-refractivity contribution in [2.75, 3.05) is 53.0 Å². The number of fused-ring (bicyclic) bond motifs is 1. The molecule has 2 heterocycles. The predicted octanol–water partition coefficient (Wildman–Crippen LogP) is -1.57. The lowest BCUT2D eigenvalue weighted by molar-refractivity contribution is -0.896. The van der Waals surface area contributed by atoms with E-state index in [0.29, 0.717) is 62.3 Å². The van der Waals surface area contributed by atoms with Gasteiger partial charge in [0.2, 0.25) is 0 Å². The number of methoxy groups -OCH3 is 1. The van der Waals surface area contributed by atoms with E-state index in [1.54, 1.807) is 43.3 Å². The van der Waals surface area contributed by atoms with E-state index in [-0.39, 0.29) is 17.4 Å². The third kappa shape index (κ3) is 4.99. The zero-order chi connectivity index (χ0) is 20.8. The Kier molecular flexibility index (Phi) is 6.95. The van der Waals surface area contributed by atoms with Gasteiger partial charge in [0, 0.05) is 32.7 Å². The summed E-state index contributed by atoms with van der Waals surface area (Å²) in [4.78, 5) is 40.3. The molecular weight excluding hydrogens is 374 g/mol. The van der Waals surface area contributed by atoms with Gasteiger partial charge in [-0.25, -0.2) is 4.68 Å². The maximum atomic E-state index is 13.1. The first-order valence-corrected chi connectivity index (χ1v) is 9.85. The molecule has 3 rings (SSSR count). The molecule has 9 nitrogen and oxygen atoms in total. The monoisotopic (exact) mass is 402 g/mol. The second-order valence-electron chi connectivity index (χ2n) is 7.24. The highest BCUT2D eigenvalue weighted by Crippen LogP contribution is 2.15. The van der Waals surface area contributed by atoms with E-state index < -0.39 is 0 Å². The molecule has 0 aliphatic carbocycles. The van der Waals surface area contributed by atoms with Gasteiger partial charge in [-0.15, -0.1) is 0 Å². The second-order valence-corrected chi connectivity index (χ2v) is 7.24. The topological polar surface area (TPSA) is 98.0 Å². The summed E-state index contributed by atoms with van der Waals surface area (Å²) in [7, 11) is 3.19. The molecule has 1 aromatic carbocycles. The van der Waals surface area contributed by atoms with Gasteiger partial charge in [0.15, 0.2) is 12.2 Å². The second kappa shape index (κ2) is 9.62. The number of carbonyl (C=O) groups is 2. The van der Waals surface area contributed by atoms with Crippen LogP contribution < -0.4 is 15.8 Å². The molecule has 1 aromatic heterocycles. The van der Waals surface area contributed by atoms with Crippen molar-refractivity contribution in [3.63, 3.8) is 0 Å². The molecule has 2 N–H and O–H groups in total. The SMILES string of the molecule is COCCCNC(=O)C[NH+]1CCN(C(=O)c2nn(C)c(=O)c3ccccc23)CC1. The maximum Gasteiger partial charge on any atom is 0.275 e. The van der Waals surface area contributed by atoms with Crippen LogP contribution >= 0.6 is 0 Å². The third-order valence-electron chi connectivity index (χ3n) is 5.17. The summed E-state index contributed by atoms with van der Waals surface area (Å²) in [5, 5.41) is 8.18. The van der Waals surface area contributed by atoms with Gasteiger partial charge in [-0.1, -0.05) is 18.2 Å². The maximum absolute atomic E-state index is 13.1. The summed E-state index contributed by atoms with van der Waals surface area (Å²) < 4.78 is 6.18. The summed E-state index contributed by atoms with van der Waals surface area (Å²) >= 11 is 0. The number of hydrogen-bond acceptors (Lipinski definition) is 5. The number of ether oxygens (including phenoxy) is 1. The molecule has 0 radical (unpaired) electrons. The van der Waals surface area contributed by atoms with E-state index in [2.05, 4.69) is 10.4 Å². The highest BCUT2D eigenvalue weighted by Gasteiger charge is 2.28. The molecule has 0 bridgehead atoms. The molecule has 1 aliphatic rings. The number of amides is 2. The number of hydrogen-bond donors (Lipinski definition) is 2. The van der Waals surface area contributed by atoms with Crippen LogP contribution in [0.4, 0.5) is 0 Å². The molecule has 9 heteroatoms. The summed E-state index contributed by atoms with van der Waals surface area (Å²) in [5.41, 5.74) is 0.0740. The minimum Gasteiger partial charge on any atom is -0.385 e. The first-order chi connectivity index (χ1) is 14.0. The lowest BCUT2D eigenvalue weighted by Gasteiger charge is -2.31. The molecular formula is C20H28N5O4+. The van der Waals surface area contributed by atoms with Gasteiger partial charge < -0.3 is 19.9 Å². The number of benzene rings is 1. The van der Waals surface area contributed by atoms with Gasteiger partial charge in [0.25, 0.3) is 17.4 Å². The Hall–Kier alpha value is -2.78. The first-order valence-electron chi connectivity index (χ1n) is 9.85. The molecule has 1 saturated heterocycles. The Labute approximate surface area is 169 Å². The van der Waals surface area contributed by atoms with E-state index in [0.717, 1.165) is 11.3 Å². The Bertz CT molecular complexity index is 934. The smallest absolute Gasteiger partial charge is 0.275 e. The highest BCUT2D eigenvalue weighted by atomic mass is 16.5. The minimum atomic E-state index is -0.220. The predicted molar refractivity (Wildman–Crippen MR) is 108 cm³/mol. The number of aryl methyl sites for hydroxylation is 1. The van der Waals surface area contributed by atoms with E-state index in [1.807, 2.05) is 0 Å². The molecule has 0 atom stereocenters. The lowest BCUT2D eigenvalue weighted by Crippen LogP contribution is -3.15. The van der Waals surface area contributed by atoms with Crippen LogP contribution in [-0.4, -0.2) is 79.5 Å². The lowest BCUT2D eigenvalue weighted by atomic mass is 10.1. The van der Waals surface area contributed by atoms with Gasteiger partial charge in [0.1, 0.15) is 0 Å². The molecule has 2 amide bonds. The van der Waals surface area contributed by atoms with E-state index in [1.165, 1.54) is 4.68 Å². The van der Waals surface area contributed by atoms with Crippen molar-refractivity contribution < 1.29 is 19.2 Å².